The molecule has 96 valence electrons. The summed E-state index contributed by atoms with van der Waals surface area (Å²) in [5.74, 6) is 0.975. The van der Waals surface area contributed by atoms with Crippen molar-refractivity contribution in [3.8, 4) is 0 Å². The lowest BCUT2D eigenvalue weighted by Gasteiger charge is -2.09. The highest BCUT2D eigenvalue weighted by Gasteiger charge is 2.09. The van der Waals surface area contributed by atoms with Crippen molar-refractivity contribution in [1.29, 1.82) is 0 Å². The molecule has 2 heterocycles. The van der Waals surface area contributed by atoms with Crippen LogP contribution in [0.4, 0.5) is 5.82 Å². The van der Waals surface area contributed by atoms with Gasteiger partial charge in [-0.1, -0.05) is 18.2 Å². The van der Waals surface area contributed by atoms with E-state index in [4.69, 9.17) is 5.73 Å². The summed E-state index contributed by atoms with van der Waals surface area (Å²) in [6.07, 6.45) is 1.59. The van der Waals surface area contributed by atoms with Crippen molar-refractivity contribution in [3.05, 3.63) is 52.8 Å². The Kier molecular flexibility index (Phi) is 2.56. The van der Waals surface area contributed by atoms with Crippen LogP contribution in [0.3, 0.4) is 0 Å². The van der Waals surface area contributed by atoms with Gasteiger partial charge in [0.2, 0.25) is 0 Å². The number of aromatic nitrogens is 4. The average molecular weight is 255 g/mol. The Morgan fingerprint density at radius 1 is 1.32 bits per heavy atom. The summed E-state index contributed by atoms with van der Waals surface area (Å²) in [6, 6.07) is 9.17. The van der Waals surface area contributed by atoms with Gasteiger partial charge in [0.1, 0.15) is 12.1 Å². The Hall–Kier alpha value is -2.63. The van der Waals surface area contributed by atoms with Crippen molar-refractivity contribution in [3.63, 3.8) is 0 Å². The van der Waals surface area contributed by atoms with Gasteiger partial charge in [0.05, 0.1) is 6.54 Å². The van der Waals surface area contributed by atoms with Crippen LogP contribution >= 0.6 is 0 Å². The van der Waals surface area contributed by atoms with Gasteiger partial charge >= 0.3 is 0 Å². The number of aryl methyl sites for hydroxylation is 1. The minimum atomic E-state index is -0.122. The molecule has 0 aliphatic rings. The smallest absolute Gasteiger partial charge is 0.260 e. The first-order chi connectivity index (χ1) is 9.15. The quantitative estimate of drug-likeness (QED) is 0.733. The maximum absolute atomic E-state index is 12.4. The van der Waals surface area contributed by atoms with Crippen molar-refractivity contribution >= 4 is 16.6 Å². The molecule has 0 radical (unpaired) electrons. The lowest BCUT2D eigenvalue weighted by atomic mass is 10.1. The predicted octanol–water partition coefficient (Wildman–Crippen LogP) is 0.760. The lowest BCUT2D eigenvalue weighted by Crippen LogP contribution is -2.24. The van der Waals surface area contributed by atoms with Gasteiger partial charge < -0.3 is 5.73 Å². The van der Waals surface area contributed by atoms with Gasteiger partial charge in [0.25, 0.3) is 5.56 Å². The standard InChI is InChI=1S/C13H13N5O/c1-17-8-15-12(16-17)7-18-11(14)6-9-4-2-3-5-10(9)13(18)19/h2-6,8H,7,14H2,1H3. The maximum Gasteiger partial charge on any atom is 0.260 e. The highest BCUT2D eigenvalue weighted by molar-refractivity contribution is 5.83. The van der Waals surface area contributed by atoms with Gasteiger partial charge in [-0.2, -0.15) is 5.10 Å². The average Bonchev–Trinajstić information content (AvgIpc) is 2.80. The Labute approximate surface area is 109 Å². The van der Waals surface area contributed by atoms with Gasteiger partial charge in [-0.3, -0.25) is 14.0 Å². The second-order valence-electron chi connectivity index (χ2n) is 4.38. The zero-order valence-electron chi connectivity index (χ0n) is 10.4. The number of nitrogen functional groups attached to an aromatic ring is 1. The predicted molar refractivity (Wildman–Crippen MR) is 72.7 cm³/mol. The molecule has 0 unspecified atom stereocenters. The highest BCUT2D eigenvalue weighted by Crippen LogP contribution is 2.13. The normalized spacial score (nSPS) is 11.0. The molecule has 19 heavy (non-hydrogen) atoms. The van der Waals surface area contributed by atoms with Gasteiger partial charge in [0, 0.05) is 12.4 Å². The zero-order valence-corrected chi connectivity index (χ0v) is 10.4. The molecule has 0 aliphatic heterocycles. The molecule has 2 N–H and O–H groups in total. The molecule has 3 aromatic rings. The SMILES string of the molecule is Cn1cnc(Cn2c(N)cc3ccccc3c2=O)n1. The van der Waals surface area contributed by atoms with Crippen molar-refractivity contribution in [1.82, 2.24) is 19.3 Å². The molecule has 0 spiro atoms. The third kappa shape index (κ3) is 1.97. The van der Waals surface area contributed by atoms with E-state index in [1.54, 1.807) is 30.2 Å². The number of nitrogens with two attached hydrogens (primary N) is 1. The Bertz CT molecular complexity index is 802. The molecule has 6 nitrogen and oxygen atoms in total. The number of benzene rings is 1. The fourth-order valence-corrected chi connectivity index (χ4v) is 2.08. The second-order valence-corrected chi connectivity index (χ2v) is 4.38. The summed E-state index contributed by atoms with van der Waals surface area (Å²) in [7, 11) is 1.78. The van der Waals surface area contributed by atoms with E-state index in [-0.39, 0.29) is 12.1 Å². The Balaban J connectivity index is 2.15. The minimum absolute atomic E-state index is 0.122. The van der Waals surface area contributed by atoms with E-state index in [0.717, 1.165) is 5.39 Å². The summed E-state index contributed by atoms with van der Waals surface area (Å²) in [5.41, 5.74) is 5.82. The van der Waals surface area contributed by atoms with Crippen molar-refractivity contribution in [2.24, 2.45) is 7.05 Å². The third-order valence-electron chi connectivity index (χ3n) is 3.00. The number of pyridine rings is 1. The molecule has 0 aliphatic carbocycles. The fourth-order valence-electron chi connectivity index (χ4n) is 2.08. The highest BCUT2D eigenvalue weighted by atomic mass is 16.1. The largest absolute Gasteiger partial charge is 0.385 e. The van der Waals surface area contributed by atoms with Crippen LogP contribution in [-0.2, 0) is 13.6 Å². The van der Waals surface area contributed by atoms with Crippen molar-refractivity contribution < 1.29 is 0 Å². The molecule has 0 saturated heterocycles. The van der Waals surface area contributed by atoms with Crippen LogP contribution in [0.5, 0.6) is 0 Å². The van der Waals surface area contributed by atoms with E-state index in [9.17, 15) is 4.79 Å². The first-order valence-corrected chi connectivity index (χ1v) is 5.88. The maximum atomic E-state index is 12.4. The number of hydrogen-bond donors (Lipinski definition) is 1. The van der Waals surface area contributed by atoms with E-state index >= 15 is 0 Å². The summed E-state index contributed by atoms with van der Waals surface area (Å²) in [4.78, 5) is 16.5. The van der Waals surface area contributed by atoms with Crippen LogP contribution in [0.2, 0.25) is 0 Å². The van der Waals surface area contributed by atoms with Crippen LogP contribution in [0.25, 0.3) is 10.8 Å². The van der Waals surface area contributed by atoms with E-state index in [1.807, 2.05) is 18.2 Å². The summed E-state index contributed by atoms with van der Waals surface area (Å²) in [6.45, 7) is 0.274. The molecule has 3 rings (SSSR count). The van der Waals surface area contributed by atoms with Crippen LogP contribution in [0, 0.1) is 0 Å². The zero-order chi connectivity index (χ0) is 13.4. The van der Waals surface area contributed by atoms with E-state index < -0.39 is 0 Å². The molecule has 0 fully saturated rings. The lowest BCUT2D eigenvalue weighted by molar-refractivity contribution is 0.695. The second kappa shape index (κ2) is 4.24. The minimum Gasteiger partial charge on any atom is -0.385 e. The molecular weight excluding hydrogens is 242 g/mol. The topological polar surface area (TPSA) is 78.7 Å². The molecule has 6 heteroatoms. The monoisotopic (exact) mass is 255 g/mol. The van der Waals surface area contributed by atoms with Crippen LogP contribution in [0.1, 0.15) is 5.82 Å². The fraction of sp³-hybridized carbons (Fsp3) is 0.154. The number of hydrogen-bond acceptors (Lipinski definition) is 4. The van der Waals surface area contributed by atoms with Crippen LogP contribution in [-0.4, -0.2) is 19.3 Å². The van der Waals surface area contributed by atoms with E-state index in [2.05, 4.69) is 10.1 Å². The number of anilines is 1. The molecule has 0 amide bonds. The number of rotatable bonds is 2. The first-order valence-electron chi connectivity index (χ1n) is 5.88. The van der Waals surface area contributed by atoms with Crippen molar-refractivity contribution in [2.75, 3.05) is 5.73 Å². The first kappa shape index (κ1) is 11.5. The van der Waals surface area contributed by atoms with Gasteiger partial charge in [-0.15, -0.1) is 0 Å². The molecular formula is C13H13N5O. The van der Waals surface area contributed by atoms with E-state index in [0.29, 0.717) is 17.0 Å². The van der Waals surface area contributed by atoms with Gasteiger partial charge in [-0.05, 0) is 17.5 Å². The number of fused-ring (bicyclic) bond motifs is 1. The molecule has 2 aromatic heterocycles. The van der Waals surface area contributed by atoms with Gasteiger partial charge in [0.15, 0.2) is 5.82 Å². The van der Waals surface area contributed by atoms with Gasteiger partial charge in [-0.25, -0.2) is 4.98 Å². The number of nitrogens with zero attached hydrogens (tertiary/aromatic N) is 4. The molecule has 0 saturated carbocycles. The summed E-state index contributed by atoms with van der Waals surface area (Å²) >= 11 is 0. The van der Waals surface area contributed by atoms with E-state index in [1.165, 1.54) is 4.57 Å². The van der Waals surface area contributed by atoms with Crippen LogP contribution in [0.15, 0.2) is 41.5 Å². The molecule has 0 atom stereocenters. The Morgan fingerprint density at radius 2 is 2.11 bits per heavy atom. The summed E-state index contributed by atoms with van der Waals surface area (Å²) in [5, 5.41) is 5.65. The third-order valence-corrected chi connectivity index (χ3v) is 3.00. The molecule has 1 aromatic carbocycles. The van der Waals surface area contributed by atoms with Crippen molar-refractivity contribution in [2.45, 2.75) is 6.54 Å². The molecule has 0 bridgehead atoms. The van der Waals surface area contributed by atoms with Crippen LogP contribution < -0.4 is 11.3 Å². The summed E-state index contributed by atoms with van der Waals surface area (Å²) < 4.78 is 3.08. The Morgan fingerprint density at radius 3 is 2.84 bits per heavy atom.